The lowest BCUT2D eigenvalue weighted by Crippen LogP contribution is -2.35. The van der Waals surface area contributed by atoms with E-state index < -0.39 is 0 Å². The first-order valence-electron chi connectivity index (χ1n) is 9.67. The Hall–Kier alpha value is -2.84. The van der Waals surface area contributed by atoms with Crippen LogP contribution in [0.3, 0.4) is 0 Å². The third kappa shape index (κ3) is 5.11. The van der Waals surface area contributed by atoms with Crippen molar-refractivity contribution >= 4 is 12.0 Å². The molecule has 2 aromatic rings. The number of hydrogen-bond acceptors (Lipinski definition) is 3. The first-order chi connectivity index (χ1) is 13.4. The lowest BCUT2D eigenvalue weighted by atomic mass is 10.1. The van der Waals surface area contributed by atoms with Crippen LogP contribution in [0.15, 0.2) is 42.0 Å². The molecular weight excluding hydrogens is 348 g/mol. The van der Waals surface area contributed by atoms with Crippen LogP contribution >= 0.6 is 0 Å². The number of carbonyl (C=O) groups excluding carboxylic acids is 1. The highest BCUT2D eigenvalue weighted by atomic mass is 16.1. The van der Waals surface area contributed by atoms with Crippen molar-refractivity contribution in [3.05, 3.63) is 64.5 Å². The molecule has 1 unspecified atom stereocenters. The summed E-state index contributed by atoms with van der Waals surface area (Å²) in [7, 11) is 3.96. The van der Waals surface area contributed by atoms with Gasteiger partial charge in [0, 0.05) is 24.5 Å². The molecule has 0 spiro atoms. The standard InChI is InChI=1S/C23H30N4O/c1-6-12-27-17(2)13-20(18(27)3)14-21(15-24)23(28)25-16-22(26(4)5)19-10-8-7-9-11-19/h7-11,13-14,22H,6,12,16H2,1-5H3,(H,25,28). The van der Waals surface area contributed by atoms with Gasteiger partial charge in [-0.3, -0.25) is 4.79 Å². The summed E-state index contributed by atoms with van der Waals surface area (Å²) in [5, 5.41) is 12.4. The van der Waals surface area contributed by atoms with Crippen LogP contribution in [0.1, 0.15) is 41.9 Å². The Morgan fingerprint density at radius 2 is 1.96 bits per heavy atom. The molecule has 0 bridgehead atoms. The predicted octanol–water partition coefficient (Wildman–Crippen LogP) is 3.84. The number of aromatic nitrogens is 1. The molecule has 0 aliphatic rings. The van der Waals surface area contributed by atoms with Crippen LogP contribution in [0.5, 0.6) is 0 Å². The summed E-state index contributed by atoms with van der Waals surface area (Å²) in [5.74, 6) is -0.342. The minimum Gasteiger partial charge on any atom is -0.349 e. The molecule has 5 nitrogen and oxygen atoms in total. The Labute approximate surface area is 168 Å². The van der Waals surface area contributed by atoms with Crippen LogP contribution in [0.25, 0.3) is 6.08 Å². The second-order valence-corrected chi connectivity index (χ2v) is 7.25. The maximum absolute atomic E-state index is 12.6. The minimum absolute atomic E-state index is 0.0414. The van der Waals surface area contributed by atoms with Gasteiger partial charge in [-0.15, -0.1) is 0 Å². The zero-order valence-electron chi connectivity index (χ0n) is 17.5. The van der Waals surface area contributed by atoms with E-state index in [1.807, 2.05) is 64.3 Å². The topological polar surface area (TPSA) is 61.1 Å². The van der Waals surface area contributed by atoms with Gasteiger partial charge in [0.15, 0.2) is 0 Å². The van der Waals surface area contributed by atoms with Gasteiger partial charge >= 0.3 is 0 Å². The summed E-state index contributed by atoms with van der Waals surface area (Å²) in [4.78, 5) is 14.7. The molecule has 28 heavy (non-hydrogen) atoms. The van der Waals surface area contributed by atoms with Crippen molar-refractivity contribution in [2.75, 3.05) is 20.6 Å². The molecule has 0 aliphatic heterocycles. The molecule has 5 heteroatoms. The van der Waals surface area contributed by atoms with E-state index in [9.17, 15) is 10.1 Å². The monoisotopic (exact) mass is 378 g/mol. The van der Waals surface area contributed by atoms with Gasteiger partial charge in [-0.25, -0.2) is 0 Å². The first-order valence-corrected chi connectivity index (χ1v) is 9.67. The molecule has 0 fully saturated rings. The molecule has 1 aromatic heterocycles. The van der Waals surface area contributed by atoms with Crippen LogP contribution in [-0.2, 0) is 11.3 Å². The van der Waals surface area contributed by atoms with Crippen LogP contribution in [0.2, 0.25) is 0 Å². The van der Waals surface area contributed by atoms with Crippen molar-refractivity contribution in [2.24, 2.45) is 0 Å². The molecule has 1 amide bonds. The second kappa shape index (κ2) is 9.91. The Kier molecular flexibility index (Phi) is 7.60. The average Bonchev–Trinajstić information content (AvgIpc) is 2.94. The van der Waals surface area contributed by atoms with Crippen molar-refractivity contribution in [2.45, 2.75) is 39.8 Å². The van der Waals surface area contributed by atoms with Crippen molar-refractivity contribution in [3.8, 4) is 6.07 Å². The fourth-order valence-corrected chi connectivity index (χ4v) is 3.40. The third-order valence-electron chi connectivity index (χ3n) is 4.99. The van der Waals surface area contributed by atoms with Gasteiger partial charge in [-0.05, 0) is 57.6 Å². The minimum atomic E-state index is -0.342. The summed E-state index contributed by atoms with van der Waals surface area (Å²) < 4.78 is 2.22. The van der Waals surface area contributed by atoms with Crippen molar-refractivity contribution < 1.29 is 4.79 Å². The molecule has 0 saturated heterocycles. The normalized spacial score (nSPS) is 12.7. The zero-order valence-corrected chi connectivity index (χ0v) is 17.5. The van der Waals surface area contributed by atoms with Gasteiger partial charge in [0.1, 0.15) is 11.6 Å². The van der Waals surface area contributed by atoms with Gasteiger partial charge in [0.2, 0.25) is 0 Å². The number of amides is 1. The SMILES string of the molecule is CCCn1c(C)cc(C=C(C#N)C(=O)NCC(c2ccccc2)N(C)C)c1C. The van der Waals surface area contributed by atoms with Gasteiger partial charge in [0.25, 0.3) is 5.91 Å². The van der Waals surface area contributed by atoms with Crippen LogP contribution in [0, 0.1) is 25.2 Å². The van der Waals surface area contributed by atoms with Crippen LogP contribution in [0.4, 0.5) is 0 Å². The van der Waals surface area contributed by atoms with Crippen molar-refractivity contribution in [1.29, 1.82) is 5.26 Å². The molecule has 1 heterocycles. The smallest absolute Gasteiger partial charge is 0.262 e. The maximum atomic E-state index is 12.6. The Morgan fingerprint density at radius 3 is 2.54 bits per heavy atom. The number of nitriles is 1. The maximum Gasteiger partial charge on any atom is 0.262 e. The summed E-state index contributed by atoms with van der Waals surface area (Å²) in [6, 6.07) is 14.2. The van der Waals surface area contributed by atoms with Gasteiger partial charge < -0.3 is 14.8 Å². The summed E-state index contributed by atoms with van der Waals surface area (Å²) in [5.41, 5.74) is 4.39. The Balaban J connectivity index is 2.16. The summed E-state index contributed by atoms with van der Waals surface area (Å²) in [6.07, 6.45) is 2.73. The van der Waals surface area contributed by atoms with E-state index in [0.29, 0.717) is 6.54 Å². The highest BCUT2D eigenvalue weighted by Gasteiger charge is 2.17. The molecule has 1 N–H and O–H groups in total. The predicted molar refractivity (Wildman–Crippen MR) is 114 cm³/mol. The largest absolute Gasteiger partial charge is 0.349 e. The summed E-state index contributed by atoms with van der Waals surface area (Å²) >= 11 is 0. The van der Waals surface area contributed by atoms with E-state index in [1.54, 1.807) is 6.08 Å². The van der Waals surface area contributed by atoms with E-state index in [0.717, 1.165) is 35.5 Å². The van der Waals surface area contributed by atoms with Gasteiger partial charge in [-0.1, -0.05) is 37.3 Å². The Morgan fingerprint density at radius 1 is 1.29 bits per heavy atom. The number of nitrogens with one attached hydrogen (secondary N) is 1. The summed E-state index contributed by atoms with van der Waals surface area (Å²) in [6.45, 7) is 7.58. The number of benzene rings is 1. The van der Waals surface area contributed by atoms with Crippen LogP contribution < -0.4 is 5.32 Å². The van der Waals surface area contributed by atoms with E-state index in [2.05, 4.69) is 27.8 Å². The molecule has 0 aliphatic carbocycles. The fourth-order valence-electron chi connectivity index (χ4n) is 3.40. The van der Waals surface area contributed by atoms with Crippen molar-refractivity contribution in [1.82, 2.24) is 14.8 Å². The second-order valence-electron chi connectivity index (χ2n) is 7.25. The number of aryl methyl sites for hydroxylation is 1. The molecule has 0 radical (unpaired) electrons. The quantitative estimate of drug-likeness (QED) is 0.561. The fraction of sp³-hybridized carbons (Fsp3) is 0.391. The average molecular weight is 379 g/mol. The molecule has 0 saturated carbocycles. The number of nitrogens with zero attached hydrogens (tertiary/aromatic N) is 3. The number of hydrogen-bond donors (Lipinski definition) is 1. The molecule has 1 aromatic carbocycles. The Bertz CT molecular complexity index is 872. The lowest BCUT2D eigenvalue weighted by Gasteiger charge is -2.25. The molecule has 2 rings (SSSR count). The zero-order chi connectivity index (χ0) is 20.7. The van der Waals surface area contributed by atoms with E-state index in [1.165, 1.54) is 0 Å². The molecular formula is C23H30N4O. The molecule has 148 valence electrons. The first kappa shape index (κ1) is 21.5. The van der Waals surface area contributed by atoms with Gasteiger partial charge in [0.05, 0.1) is 6.04 Å². The molecule has 1 atom stereocenters. The third-order valence-corrected chi connectivity index (χ3v) is 4.99. The number of likely N-dealkylation sites (N-methyl/N-ethyl adjacent to an activating group) is 1. The highest BCUT2D eigenvalue weighted by Crippen LogP contribution is 2.20. The van der Waals surface area contributed by atoms with Crippen LogP contribution in [-0.4, -0.2) is 36.0 Å². The van der Waals surface area contributed by atoms with E-state index >= 15 is 0 Å². The van der Waals surface area contributed by atoms with Crippen molar-refractivity contribution in [3.63, 3.8) is 0 Å². The lowest BCUT2D eigenvalue weighted by molar-refractivity contribution is -0.117. The number of rotatable bonds is 8. The number of carbonyl (C=O) groups is 1. The van der Waals surface area contributed by atoms with E-state index in [-0.39, 0.29) is 17.5 Å². The van der Waals surface area contributed by atoms with Gasteiger partial charge in [-0.2, -0.15) is 5.26 Å². The highest BCUT2D eigenvalue weighted by molar-refractivity contribution is 6.01. The van der Waals surface area contributed by atoms with E-state index in [4.69, 9.17) is 0 Å².